The third kappa shape index (κ3) is 2.79. The van der Waals surface area contributed by atoms with Gasteiger partial charge in [-0.05, 0) is 41.1 Å². The van der Waals surface area contributed by atoms with Crippen molar-refractivity contribution in [1.29, 1.82) is 0 Å². The second-order valence-corrected chi connectivity index (χ2v) is 6.77. The minimum atomic E-state index is -0.0389. The van der Waals surface area contributed by atoms with Crippen LogP contribution in [0.4, 0.5) is 0 Å². The van der Waals surface area contributed by atoms with E-state index in [4.69, 9.17) is 9.72 Å². The van der Waals surface area contributed by atoms with Gasteiger partial charge in [-0.2, -0.15) is 0 Å². The van der Waals surface area contributed by atoms with Crippen molar-refractivity contribution in [3.8, 4) is 28.5 Å². The fourth-order valence-corrected chi connectivity index (χ4v) is 3.57. The molecular formula is C22H18N4O2. The van der Waals surface area contributed by atoms with Crippen LogP contribution in [0.25, 0.3) is 33.5 Å². The number of rotatable bonds is 3. The standard InChI is InChI=1S/C22H18N4O2/c1-28-16-5-4-13-10-15(3-2-14(13)11-16)21-23-8-7-19(26-21)20-12-17-18(25-20)6-9-24-22(17)27/h2-5,7-8,10-12,25H,6,9H2,1H3,(H,24,27). The number of methoxy groups -OCH3 is 1. The van der Waals surface area contributed by atoms with Crippen molar-refractivity contribution in [2.45, 2.75) is 6.42 Å². The van der Waals surface area contributed by atoms with Crippen molar-refractivity contribution in [2.75, 3.05) is 13.7 Å². The highest BCUT2D eigenvalue weighted by molar-refractivity contribution is 5.97. The quantitative estimate of drug-likeness (QED) is 0.578. The van der Waals surface area contributed by atoms with Crippen molar-refractivity contribution in [3.63, 3.8) is 0 Å². The minimum absolute atomic E-state index is 0.0389. The van der Waals surface area contributed by atoms with E-state index in [2.05, 4.69) is 21.4 Å². The molecule has 0 fully saturated rings. The summed E-state index contributed by atoms with van der Waals surface area (Å²) in [4.78, 5) is 24.5. The number of H-pyrrole nitrogens is 1. The number of hydrogen-bond acceptors (Lipinski definition) is 4. The summed E-state index contributed by atoms with van der Waals surface area (Å²) >= 11 is 0. The Kier molecular flexibility index (Phi) is 3.83. The molecule has 0 atom stereocenters. The molecule has 0 bridgehead atoms. The Morgan fingerprint density at radius 3 is 2.75 bits per heavy atom. The van der Waals surface area contributed by atoms with Gasteiger partial charge in [0, 0.05) is 30.4 Å². The molecule has 0 saturated heterocycles. The van der Waals surface area contributed by atoms with Crippen molar-refractivity contribution in [2.24, 2.45) is 0 Å². The number of aromatic amines is 1. The van der Waals surface area contributed by atoms with Gasteiger partial charge in [0.2, 0.25) is 0 Å². The average Bonchev–Trinajstić information content (AvgIpc) is 3.19. The number of fused-ring (bicyclic) bond motifs is 2. The molecule has 1 aliphatic rings. The highest BCUT2D eigenvalue weighted by Gasteiger charge is 2.20. The Hall–Kier alpha value is -3.67. The first kappa shape index (κ1) is 16.5. The molecule has 2 N–H and O–H groups in total. The first-order valence-electron chi connectivity index (χ1n) is 9.13. The second-order valence-electron chi connectivity index (χ2n) is 6.77. The van der Waals surface area contributed by atoms with E-state index >= 15 is 0 Å². The molecule has 28 heavy (non-hydrogen) atoms. The van der Waals surface area contributed by atoms with Gasteiger partial charge in [0.05, 0.1) is 24.1 Å². The van der Waals surface area contributed by atoms with Crippen molar-refractivity contribution >= 4 is 16.7 Å². The van der Waals surface area contributed by atoms with Gasteiger partial charge < -0.3 is 15.0 Å². The smallest absolute Gasteiger partial charge is 0.253 e. The zero-order valence-corrected chi connectivity index (χ0v) is 15.3. The van der Waals surface area contributed by atoms with Gasteiger partial charge >= 0.3 is 0 Å². The number of nitrogens with zero attached hydrogens (tertiary/aromatic N) is 2. The Labute approximate surface area is 161 Å². The molecule has 138 valence electrons. The van der Waals surface area contributed by atoms with Gasteiger partial charge in [-0.1, -0.05) is 18.2 Å². The van der Waals surface area contributed by atoms with E-state index in [1.165, 1.54) is 0 Å². The topological polar surface area (TPSA) is 79.9 Å². The van der Waals surface area contributed by atoms with Crippen molar-refractivity contribution < 1.29 is 9.53 Å². The molecule has 1 amide bonds. The van der Waals surface area contributed by atoms with Crippen LogP contribution in [0.3, 0.4) is 0 Å². The third-order valence-corrected chi connectivity index (χ3v) is 5.04. The number of carbonyl (C=O) groups is 1. The van der Waals surface area contributed by atoms with E-state index in [0.717, 1.165) is 45.6 Å². The molecule has 0 unspecified atom stereocenters. The van der Waals surface area contributed by atoms with Crippen LogP contribution in [0.5, 0.6) is 5.75 Å². The molecule has 1 aliphatic heterocycles. The fraction of sp³-hybridized carbons (Fsp3) is 0.136. The lowest BCUT2D eigenvalue weighted by Gasteiger charge is -2.10. The summed E-state index contributed by atoms with van der Waals surface area (Å²) in [5.74, 6) is 1.44. The van der Waals surface area contributed by atoms with Crippen LogP contribution in [-0.4, -0.2) is 34.5 Å². The van der Waals surface area contributed by atoms with Crippen LogP contribution >= 0.6 is 0 Å². The van der Waals surface area contributed by atoms with Gasteiger partial charge in [-0.25, -0.2) is 9.97 Å². The molecule has 0 radical (unpaired) electrons. The highest BCUT2D eigenvalue weighted by Crippen LogP contribution is 2.27. The zero-order valence-electron chi connectivity index (χ0n) is 15.3. The van der Waals surface area contributed by atoms with Gasteiger partial charge in [0.15, 0.2) is 5.82 Å². The maximum Gasteiger partial charge on any atom is 0.253 e. The van der Waals surface area contributed by atoms with E-state index in [1.807, 2.05) is 42.5 Å². The van der Waals surface area contributed by atoms with E-state index in [1.54, 1.807) is 13.3 Å². The van der Waals surface area contributed by atoms with Crippen LogP contribution in [-0.2, 0) is 6.42 Å². The molecule has 2 aromatic carbocycles. The Balaban J connectivity index is 1.54. The van der Waals surface area contributed by atoms with E-state index < -0.39 is 0 Å². The number of benzene rings is 2. The van der Waals surface area contributed by atoms with E-state index in [-0.39, 0.29) is 5.91 Å². The van der Waals surface area contributed by atoms with Crippen LogP contribution in [0, 0.1) is 0 Å². The Morgan fingerprint density at radius 2 is 1.89 bits per heavy atom. The maximum absolute atomic E-state index is 12.0. The number of amides is 1. The lowest BCUT2D eigenvalue weighted by molar-refractivity contribution is 0.0946. The zero-order chi connectivity index (χ0) is 19.1. The molecule has 2 aromatic heterocycles. The number of nitrogens with one attached hydrogen (secondary N) is 2. The third-order valence-electron chi connectivity index (χ3n) is 5.04. The fourth-order valence-electron chi connectivity index (χ4n) is 3.57. The Morgan fingerprint density at radius 1 is 1.04 bits per heavy atom. The number of aromatic nitrogens is 3. The van der Waals surface area contributed by atoms with Crippen LogP contribution in [0.2, 0.25) is 0 Å². The van der Waals surface area contributed by atoms with Crippen molar-refractivity contribution in [3.05, 3.63) is 66.0 Å². The molecule has 0 aliphatic carbocycles. The average molecular weight is 370 g/mol. The summed E-state index contributed by atoms with van der Waals surface area (Å²) in [6, 6.07) is 15.8. The van der Waals surface area contributed by atoms with Crippen LogP contribution < -0.4 is 10.1 Å². The summed E-state index contributed by atoms with van der Waals surface area (Å²) < 4.78 is 5.29. The van der Waals surface area contributed by atoms with Gasteiger partial charge in [0.25, 0.3) is 5.91 Å². The molecular weight excluding hydrogens is 352 g/mol. The molecule has 6 nitrogen and oxygen atoms in total. The number of hydrogen-bond donors (Lipinski definition) is 2. The molecule has 0 spiro atoms. The second kappa shape index (κ2) is 6.49. The van der Waals surface area contributed by atoms with Crippen LogP contribution in [0.1, 0.15) is 16.1 Å². The van der Waals surface area contributed by atoms with Crippen LogP contribution in [0.15, 0.2) is 54.7 Å². The number of ether oxygens (including phenoxy) is 1. The lowest BCUT2D eigenvalue weighted by Crippen LogP contribution is -2.31. The summed E-state index contributed by atoms with van der Waals surface area (Å²) in [7, 11) is 1.66. The van der Waals surface area contributed by atoms with E-state index in [9.17, 15) is 4.79 Å². The summed E-state index contributed by atoms with van der Waals surface area (Å²) in [6.45, 7) is 0.655. The first-order valence-corrected chi connectivity index (χ1v) is 9.13. The summed E-state index contributed by atoms with van der Waals surface area (Å²) in [5, 5.41) is 5.06. The maximum atomic E-state index is 12.0. The normalized spacial score (nSPS) is 13.2. The summed E-state index contributed by atoms with van der Waals surface area (Å²) in [5.41, 5.74) is 4.19. The molecule has 3 heterocycles. The predicted octanol–water partition coefficient (Wildman–Crippen LogP) is 3.59. The lowest BCUT2D eigenvalue weighted by atomic mass is 10.1. The van der Waals surface area contributed by atoms with E-state index in [0.29, 0.717) is 17.9 Å². The first-order chi connectivity index (χ1) is 13.7. The molecule has 5 rings (SSSR count). The predicted molar refractivity (Wildman–Crippen MR) is 107 cm³/mol. The van der Waals surface area contributed by atoms with Gasteiger partial charge in [0.1, 0.15) is 5.75 Å². The number of carbonyl (C=O) groups excluding carboxylic acids is 1. The minimum Gasteiger partial charge on any atom is -0.497 e. The SMILES string of the molecule is COc1ccc2cc(-c3nccc(-c4cc5c([nH]4)CCNC5=O)n3)ccc2c1. The highest BCUT2D eigenvalue weighted by atomic mass is 16.5. The van der Waals surface area contributed by atoms with Gasteiger partial charge in [-0.3, -0.25) is 4.79 Å². The summed E-state index contributed by atoms with van der Waals surface area (Å²) in [6.07, 6.45) is 2.54. The van der Waals surface area contributed by atoms with Crippen molar-refractivity contribution in [1.82, 2.24) is 20.3 Å². The Bertz CT molecular complexity index is 1210. The molecule has 0 saturated carbocycles. The van der Waals surface area contributed by atoms with Gasteiger partial charge in [-0.15, -0.1) is 0 Å². The monoisotopic (exact) mass is 370 g/mol. The molecule has 6 heteroatoms. The molecule has 4 aromatic rings. The largest absolute Gasteiger partial charge is 0.497 e.